The van der Waals surface area contributed by atoms with Gasteiger partial charge >= 0.3 is 0 Å². The van der Waals surface area contributed by atoms with Crippen molar-refractivity contribution >= 4 is 0 Å². The molecule has 5 atom stereocenters. The highest BCUT2D eigenvalue weighted by Gasteiger charge is 2.50. The molecule has 0 aromatic carbocycles. The molecule has 0 unspecified atom stereocenters. The summed E-state index contributed by atoms with van der Waals surface area (Å²) in [7, 11) is 0. The Hall–Kier alpha value is -0.900. The zero-order valence-corrected chi connectivity index (χ0v) is 15.0. The Morgan fingerprint density at radius 2 is 2.08 bits per heavy atom. The van der Waals surface area contributed by atoms with Gasteiger partial charge in [-0.05, 0) is 80.3 Å². The second-order valence-corrected chi connectivity index (χ2v) is 8.27. The van der Waals surface area contributed by atoms with Crippen LogP contribution in [0, 0.1) is 17.3 Å². The first-order valence-corrected chi connectivity index (χ1v) is 9.49. The molecule has 1 fully saturated rings. The van der Waals surface area contributed by atoms with Crippen LogP contribution in [0.1, 0.15) is 58.8 Å². The highest BCUT2D eigenvalue weighted by molar-refractivity contribution is 5.36. The fourth-order valence-electron chi connectivity index (χ4n) is 5.29. The number of aliphatic hydroxyl groups excluding tert-OH is 3. The first kappa shape index (κ1) is 17.9. The quantitative estimate of drug-likeness (QED) is 0.738. The molecule has 3 nitrogen and oxygen atoms in total. The van der Waals surface area contributed by atoms with Crippen molar-refractivity contribution in [1.82, 2.24) is 0 Å². The maximum absolute atomic E-state index is 10.2. The van der Waals surface area contributed by atoms with Crippen molar-refractivity contribution in [1.29, 1.82) is 0 Å². The summed E-state index contributed by atoms with van der Waals surface area (Å²) in [5.74, 6) is 0.671. The van der Waals surface area contributed by atoms with Gasteiger partial charge in [-0.2, -0.15) is 0 Å². The van der Waals surface area contributed by atoms with Gasteiger partial charge in [0.15, 0.2) is 0 Å². The number of fused-ring (bicyclic) bond motifs is 1. The second-order valence-electron chi connectivity index (χ2n) is 8.27. The molecule has 0 radical (unpaired) electrons. The lowest BCUT2D eigenvalue weighted by Crippen LogP contribution is -2.39. The maximum Gasteiger partial charge on any atom is 0.0804 e. The summed E-state index contributed by atoms with van der Waals surface area (Å²) in [5, 5.41) is 29.5. The van der Waals surface area contributed by atoms with Crippen molar-refractivity contribution in [2.45, 2.75) is 71.0 Å². The third-order valence-corrected chi connectivity index (χ3v) is 6.86. The van der Waals surface area contributed by atoms with Gasteiger partial charge in [0.05, 0.1) is 18.8 Å². The van der Waals surface area contributed by atoms with Crippen LogP contribution in [0.5, 0.6) is 0 Å². The summed E-state index contributed by atoms with van der Waals surface area (Å²) in [6, 6.07) is 0. The third kappa shape index (κ3) is 3.26. The van der Waals surface area contributed by atoms with Gasteiger partial charge in [-0.25, -0.2) is 0 Å². The molecule has 0 aliphatic heterocycles. The summed E-state index contributed by atoms with van der Waals surface area (Å²) in [5.41, 5.74) is 4.16. The number of aliphatic hydroxyl groups is 3. The van der Waals surface area contributed by atoms with Crippen molar-refractivity contribution in [3.05, 3.63) is 34.9 Å². The van der Waals surface area contributed by atoms with Crippen molar-refractivity contribution in [2.75, 3.05) is 6.61 Å². The molecule has 3 rings (SSSR count). The Kier molecular flexibility index (Phi) is 5.33. The molecule has 0 saturated heterocycles. The van der Waals surface area contributed by atoms with E-state index in [0.29, 0.717) is 5.92 Å². The Labute approximate surface area is 145 Å². The van der Waals surface area contributed by atoms with Crippen LogP contribution in [0.3, 0.4) is 0 Å². The number of hydrogen-bond acceptors (Lipinski definition) is 3. The van der Waals surface area contributed by atoms with Crippen LogP contribution >= 0.6 is 0 Å². The Morgan fingerprint density at radius 1 is 1.29 bits per heavy atom. The van der Waals surface area contributed by atoms with Crippen molar-refractivity contribution < 1.29 is 15.3 Å². The van der Waals surface area contributed by atoms with Gasteiger partial charge < -0.3 is 15.3 Å². The van der Waals surface area contributed by atoms with E-state index in [2.05, 4.69) is 32.1 Å². The molecular formula is C21H32O3. The molecule has 1 saturated carbocycles. The molecule has 0 aromatic rings. The van der Waals surface area contributed by atoms with E-state index in [0.717, 1.165) is 44.9 Å². The Morgan fingerprint density at radius 3 is 2.83 bits per heavy atom. The van der Waals surface area contributed by atoms with E-state index in [-0.39, 0.29) is 24.0 Å². The lowest BCUT2D eigenvalue weighted by Gasteiger charge is -2.42. The van der Waals surface area contributed by atoms with Crippen LogP contribution in [0.4, 0.5) is 0 Å². The zero-order valence-electron chi connectivity index (χ0n) is 15.0. The average molecular weight is 332 g/mol. The van der Waals surface area contributed by atoms with Crippen LogP contribution in [-0.2, 0) is 0 Å². The molecule has 134 valence electrons. The van der Waals surface area contributed by atoms with Gasteiger partial charge in [-0.1, -0.05) is 30.7 Å². The molecule has 3 aliphatic carbocycles. The number of rotatable bonds is 4. The first-order chi connectivity index (χ1) is 11.5. The lowest BCUT2D eigenvalue weighted by molar-refractivity contribution is -0.00841. The van der Waals surface area contributed by atoms with E-state index >= 15 is 0 Å². The van der Waals surface area contributed by atoms with E-state index in [9.17, 15) is 15.3 Å². The molecule has 0 spiro atoms. The molecule has 3 N–H and O–H groups in total. The van der Waals surface area contributed by atoms with Gasteiger partial charge in [0.2, 0.25) is 0 Å². The van der Waals surface area contributed by atoms with Gasteiger partial charge in [-0.15, -0.1) is 0 Å². The minimum Gasteiger partial charge on any atom is -0.394 e. The zero-order chi connectivity index (χ0) is 17.3. The standard InChI is InChI=1S/C21H32O3/c1-14-5-8-17(23)12-16(14)7-6-15-4-3-11-21(2)18(15)9-10-19(21)20(24)13-22/h4,6-7,17-20,22-24H,3,5,8-13H2,1-2H3/b7-6+/t17-,18+,19-,20+,21+/m1/s1. The molecule has 3 aliphatic rings. The van der Waals surface area contributed by atoms with E-state index in [1.807, 2.05) is 0 Å². The summed E-state index contributed by atoms with van der Waals surface area (Å²) in [4.78, 5) is 0. The third-order valence-electron chi connectivity index (χ3n) is 6.86. The Bertz CT molecular complexity index is 559. The topological polar surface area (TPSA) is 60.7 Å². The van der Waals surface area contributed by atoms with Crippen molar-refractivity contribution in [3.63, 3.8) is 0 Å². The monoisotopic (exact) mass is 332 g/mol. The largest absolute Gasteiger partial charge is 0.394 e. The summed E-state index contributed by atoms with van der Waals surface area (Å²) >= 11 is 0. The van der Waals surface area contributed by atoms with Gasteiger partial charge in [0, 0.05) is 0 Å². The lowest BCUT2D eigenvalue weighted by atomic mass is 9.64. The Balaban J connectivity index is 1.78. The molecule has 0 amide bonds. The fourth-order valence-corrected chi connectivity index (χ4v) is 5.29. The minimum atomic E-state index is -0.596. The number of allylic oxidation sites excluding steroid dienone is 5. The fraction of sp³-hybridized carbons (Fsp3) is 0.714. The predicted molar refractivity (Wildman–Crippen MR) is 96.4 cm³/mol. The van der Waals surface area contributed by atoms with Gasteiger partial charge in [0.25, 0.3) is 0 Å². The molecule has 24 heavy (non-hydrogen) atoms. The van der Waals surface area contributed by atoms with E-state index < -0.39 is 6.10 Å². The minimum absolute atomic E-state index is 0.0894. The van der Waals surface area contributed by atoms with E-state index in [1.165, 1.54) is 16.7 Å². The van der Waals surface area contributed by atoms with Crippen LogP contribution in [0.25, 0.3) is 0 Å². The second kappa shape index (κ2) is 7.15. The maximum atomic E-state index is 10.2. The van der Waals surface area contributed by atoms with Crippen LogP contribution < -0.4 is 0 Å². The summed E-state index contributed by atoms with van der Waals surface area (Å²) in [6.07, 6.45) is 12.9. The van der Waals surface area contributed by atoms with Crippen LogP contribution in [0.15, 0.2) is 34.9 Å². The molecular weight excluding hydrogens is 300 g/mol. The van der Waals surface area contributed by atoms with Gasteiger partial charge in [-0.3, -0.25) is 0 Å². The molecule has 0 bridgehead atoms. The summed E-state index contributed by atoms with van der Waals surface area (Å²) < 4.78 is 0. The molecule has 0 aromatic heterocycles. The molecule has 3 heteroatoms. The van der Waals surface area contributed by atoms with E-state index in [1.54, 1.807) is 0 Å². The van der Waals surface area contributed by atoms with Crippen LogP contribution in [-0.4, -0.2) is 34.1 Å². The first-order valence-electron chi connectivity index (χ1n) is 9.49. The number of hydrogen-bond donors (Lipinski definition) is 3. The van der Waals surface area contributed by atoms with Gasteiger partial charge in [0.1, 0.15) is 0 Å². The highest BCUT2D eigenvalue weighted by Crippen LogP contribution is 2.57. The summed E-state index contributed by atoms with van der Waals surface area (Å²) in [6.45, 7) is 4.34. The van der Waals surface area contributed by atoms with Crippen LogP contribution in [0.2, 0.25) is 0 Å². The van der Waals surface area contributed by atoms with Crippen molar-refractivity contribution in [3.8, 4) is 0 Å². The average Bonchev–Trinajstić information content (AvgIpc) is 2.92. The SMILES string of the molecule is CC1=C(/C=C/C2=CCC[C@]3(C)[C@@H]([C@@H](O)CO)CC[C@@H]23)C[C@H](O)CC1. The van der Waals surface area contributed by atoms with Crippen molar-refractivity contribution in [2.24, 2.45) is 17.3 Å². The molecule has 0 heterocycles. The predicted octanol–water partition coefficient (Wildman–Crippen LogP) is 3.51. The van der Waals surface area contributed by atoms with E-state index in [4.69, 9.17) is 0 Å². The smallest absolute Gasteiger partial charge is 0.0804 e. The highest BCUT2D eigenvalue weighted by atomic mass is 16.3. The normalized spacial score (nSPS) is 38.4.